The van der Waals surface area contributed by atoms with Gasteiger partial charge in [0.25, 0.3) is 0 Å². The van der Waals surface area contributed by atoms with Gasteiger partial charge in [-0.2, -0.15) is 0 Å². The molecule has 1 unspecified atom stereocenters. The summed E-state index contributed by atoms with van der Waals surface area (Å²) in [6.45, 7) is 6.36. The van der Waals surface area contributed by atoms with Crippen LogP contribution in [0.5, 0.6) is 0 Å². The molecule has 408 valence electrons. The quantitative estimate of drug-likeness (QED) is 0.0261. The minimum absolute atomic E-state index is 0.101. The maximum atomic E-state index is 12.9. The Bertz CT molecular complexity index is 1520. The molecule has 0 heterocycles. The molecule has 72 heavy (non-hydrogen) atoms. The first-order valence-electron chi connectivity index (χ1n) is 29.5. The molecule has 0 amide bonds. The Labute approximate surface area is 443 Å². The predicted molar refractivity (Wildman–Crippen MR) is 311 cm³/mol. The monoisotopic (exact) mass is 997 g/mol. The standard InChI is InChI=1S/C66H108O6/c1-4-7-10-13-16-19-22-25-27-29-30-31-32-33-34-35-36-37-39-41-44-47-50-53-56-59-65(68)71-62-63(61-70-64(67)58-55-52-49-46-43-40-24-21-18-15-12-9-6-3)72-66(69)60-57-54-51-48-45-42-38-28-26-23-20-17-14-11-8-5-2/h7,9-10,12,16,18-19,21,25,27-28,30-31,33-34,36-38,40,43,63H,4-6,8,11,13-15,17,20,22-24,26,29,32,35,39,41-42,44-62H2,1-3H3/b10-7-,12-9-,19-16-,21-18-,27-25-,31-30-,34-33-,37-36-,38-28-,43-40-. The van der Waals surface area contributed by atoms with E-state index in [0.29, 0.717) is 19.3 Å². The molecule has 6 nitrogen and oxygen atoms in total. The topological polar surface area (TPSA) is 78.9 Å². The van der Waals surface area contributed by atoms with Crippen LogP contribution < -0.4 is 0 Å². The van der Waals surface area contributed by atoms with Crippen molar-refractivity contribution in [3.05, 3.63) is 122 Å². The second-order valence-electron chi connectivity index (χ2n) is 19.1. The van der Waals surface area contributed by atoms with Crippen molar-refractivity contribution >= 4 is 17.9 Å². The molecule has 0 aromatic heterocycles. The van der Waals surface area contributed by atoms with E-state index in [1.165, 1.54) is 70.6 Å². The van der Waals surface area contributed by atoms with Crippen molar-refractivity contribution in [1.29, 1.82) is 0 Å². The predicted octanol–water partition coefficient (Wildman–Crippen LogP) is 20.0. The zero-order chi connectivity index (χ0) is 52.2. The number of allylic oxidation sites excluding steroid dienone is 20. The summed E-state index contributed by atoms with van der Waals surface area (Å²) in [5.74, 6) is -0.954. The van der Waals surface area contributed by atoms with Crippen molar-refractivity contribution < 1.29 is 28.6 Å². The van der Waals surface area contributed by atoms with Crippen LogP contribution in [0.1, 0.15) is 258 Å². The van der Waals surface area contributed by atoms with Crippen molar-refractivity contribution in [1.82, 2.24) is 0 Å². The molecule has 0 N–H and O–H groups in total. The summed E-state index contributed by atoms with van der Waals surface area (Å²) in [4.78, 5) is 38.2. The van der Waals surface area contributed by atoms with Crippen LogP contribution in [0.15, 0.2) is 122 Å². The molecule has 6 heteroatoms. The number of ether oxygens (including phenoxy) is 3. The molecule has 0 rings (SSSR count). The van der Waals surface area contributed by atoms with Crippen LogP contribution in [-0.2, 0) is 28.6 Å². The fraction of sp³-hybridized carbons (Fsp3) is 0.652. The Morgan fingerprint density at radius 1 is 0.292 bits per heavy atom. The van der Waals surface area contributed by atoms with Gasteiger partial charge in [-0.25, -0.2) is 0 Å². The van der Waals surface area contributed by atoms with E-state index in [-0.39, 0.29) is 31.1 Å². The molecule has 0 aromatic rings. The largest absolute Gasteiger partial charge is 0.462 e. The van der Waals surface area contributed by atoms with Gasteiger partial charge in [-0.3, -0.25) is 14.4 Å². The van der Waals surface area contributed by atoms with Crippen LogP contribution in [0.25, 0.3) is 0 Å². The Morgan fingerprint density at radius 3 is 0.875 bits per heavy atom. The molecule has 0 saturated heterocycles. The first-order chi connectivity index (χ1) is 35.5. The minimum atomic E-state index is -0.804. The summed E-state index contributed by atoms with van der Waals surface area (Å²) < 4.78 is 16.8. The van der Waals surface area contributed by atoms with E-state index in [2.05, 4.69) is 142 Å². The second-order valence-corrected chi connectivity index (χ2v) is 19.1. The van der Waals surface area contributed by atoms with E-state index in [4.69, 9.17) is 14.2 Å². The SMILES string of the molecule is CC/C=C\C/C=C\C/C=C\C/C=C\C/C=C\C/C=C\CCCCCCCCC(=O)OCC(COC(=O)CCCCC/C=C\C/C=C\C/C=C\CC)OC(=O)CCCCCCC/C=C\CCCCCCCCC. The molecule has 0 aliphatic heterocycles. The van der Waals surface area contributed by atoms with Crippen molar-refractivity contribution in [2.75, 3.05) is 13.2 Å². The van der Waals surface area contributed by atoms with Gasteiger partial charge in [0.15, 0.2) is 6.10 Å². The van der Waals surface area contributed by atoms with Crippen LogP contribution in [0.2, 0.25) is 0 Å². The number of carbonyl (C=O) groups is 3. The van der Waals surface area contributed by atoms with Gasteiger partial charge in [0, 0.05) is 19.3 Å². The van der Waals surface area contributed by atoms with E-state index in [0.717, 1.165) is 148 Å². The first-order valence-corrected chi connectivity index (χ1v) is 29.5. The number of rotatable bonds is 52. The van der Waals surface area contributed by atoms with Crippen LogP contribution in [-0.4, -0.2) is 37.2 Å². The van der Waals surface area contributed by atoms with Gasteiger partial charge in [0.2, 0.25) is 0 Å². The molecule has 0 aromatic carbocycles. The molecule has 1 atom stereocenters. The highest BCUT2D eigenvalue weighted by molar-refractivity contribution is 5.71. The molecule has 0 bridgehead atoms. The van der Waals surface area contributed by atoms with Gasteiger partial charge >= 0.3 is 17.9 Å². The lowest BCUT2D eigenvalue weighted by Crippen LogP contribution is -2.30. The zero-order valence-corrected chi connectivity index (χ0v) is 46.7. The summed E-state index contributed by atoms with van der Waals surface area (Å²) in [5.41, 5.74) is 0. The van der Waals surface area contributed by atoms with E-state index in [9.17, 15) is 14.4 Å². The average Bonchev–Trinajstić information content (AvgIpc) is 3.38. The lowest BCUT2D eigenvalue weighted by atomic mass is 10.1. The lowest BCUT2D eigenvalue weighted by molar-refractivity contribution is -0.167. The fourth-order valence-electron chi connectivity index (χ4n) is 7.81. The Hall–Kier alpha value is -4.19. The second kappa shape index (κ2) is 59.4. The molecule has 0 radical (unpaired) electrons. The summed E-state index contributed by atoms with van der Waals surface area (Å²) in [6, 6.07) is 0. The van der Waals surface area contributed by atoms with Gasteiger partial charge in [0.1, 0.15) is 13.2 Å². The number of hydrogen-bond donors (Lipinski definition) is 0. The van der Waals surface area contributed by atoms with Crippen molar-refractivity contribution in [2.24, 2.45) is 0 Å². The van der Waals surface area contributed by atoms with E-state index >= 15 is 0 Å². The number of hydrogen-bond acceptors (Lipinski definition) is 6. The number of esters is 3. The normalized spacial score (nSPS) is 13.0. The lowest BCUT2D eigenvalue weighted by Gasteiger charge is -2.18. The average molecular weight is 998 g/mol. The maximum absolute atomic E-state index is 12.9. The van der Waals surface area contributed by atoms with E-state index < -0.39 is 6.10 Å². The van der Waals surface area contributed by atoms with Crippen LogP contribution >= 0.6 is 0 Å². The minimum Gasteiger partial charge on any atom is -0.462 e. The third-order valence-electron chi connectivity index (χ3n) is 12.2. The molecular formula is C66H108O6. The van der Waals surface area contributed by atoms with Gasteiger partial charge in [-0.1, -0.05) is 232 Å². The van der Waals surface area contributed by atoms with Crippen molar-refractivity contribution in [3.63, 3.8) is 0 Å². The molecular weight excluding hydrogens is 889 g/mol. The molecule has 0 aliphatic carbocycles. The van der Waals surface area contributed by atoms with Crippen LogP contribution in [0, 0.1) is 0 Å². The smallest absolute Gasteiger partial charge is 0.306 e. The highest BCUT2D eigenvalue weighted by Crippen LogP contribution is 2.14. The van der Waals surface area contributed by atoms with E-state index in [1.807, 2.05) is 0 Å². The molecule has 0 saturated carbocycles. The molecule has 0 aliphatic rings. The highest BCUT2D eigenvalue weighted by atomic mass is 16.6. The molecule has 0 fully saturated rings. The third kappa shape index (κ3) is 56.7. The van der Waals surface area contributed by atoms with E-state index in [1.54, 1.807) is 0 Å². The maximum Gasteiger partial charge on any atom is 0.306 e. The molecule has 0 spiro atoms. The summed E-state index contributed by atoms with van der Waals surface area (Å²) in [7, 11) is 0. The summed E-state index contributed by atoms with van der Waals surface area (Å²) >= 11 is 0. The summed E-state index contributed by atoms with van der Waals surface area (Å²) in [6.07, 6.45) is 81.9. The van der Waals surface area contributed by atoms with Crippen molar-refractivity contribution in [2.45, 2.75) is 264 Å². The Kier molecular flexibility index (Phi) is 55.9. The third-order valence-corrected chi connectivity index (χ3v) is 12.2. The summed E-state index contributed by atoms with van der Waals surface area (Å²) in [5, 5.41) is 0. The first kappa shape index (κ1) is 67.8. The van der Waals surface area contributed by atoms with Gasteiger partial charge < -0.3 is 14.2 Å². The zero-order valence-electron chi connectivity index (χ0n) is 46.7. The highest BCUT2D eigenvalue weighted by Gasteiger charge is 2.19. The number of unbranched alkanes of at least 4 members (excludes halogenated alkanes) is 21. The number of carbonyl (C=O) groups excluding carboxylic acids is 3. The fourth-order valence-corrected chi connectivity index (χ4v) is 7.81. The van der Waals surface area contributed by atoms with Gasteiger partial charge in [-0.05, 0) is 128 Å². The van der Waals surface area contributed by atoms with Crippen molar-refractivity contribution in [3.8, 4) is 0 Å². The van der Waals surface area contributed by atoms with Crippen LogP contribution in [0.3, 0.4) is 0 Å². The van der Waals surface area contributed by atoms with Gasteiger partial charge in [0.05, 0.1) is 0 Å². The Balaban J connectivity index is 4.41. The van der Waals surface area contributed by atoms with Gasteiger partial charge in [-0.15, -0.1) is 0 Å². The Morgan fingerprint density at radius 2 is 0.542 bits per heavy atom. The van der Waals surface area contributed by atoms with Crippen LogP contribution in [0.4, 0.5) is 0 Å².